The molecule has 2 nitrogen and oxygen atoms in total. The number of hydrogen-bond acceptors (Lipinski definition) is 1. The number of hydrogen-bond donors (Lipinski definition) is 0. The van der Waals surface area contributed by atoms with Crippen LogP contribution in [0.5, 0.6) is 0 Å². The van der Waals surface area contributed by atoms with Crippen LogP contribution in [0.25, 0.3) is 10.9 Å². The molecule has 0 unspecified atom stereocenters. The van der Waals surface area contributed by atoms with Crippen LogP contribution in [-0.4, -0.2) is 9.78 Å². The minimum Gasteiger partial charge on any atom is -0.272 e. The Balaban J connectivity index is 2.97. The Morgan fingerprint density at radius 1 is 1.42 bits per heavy atom. The van der Waals surface area contributed by atoms with Gasteiger partial charge in [-0.2, -0.15) is 5.10 Å². The summed E-state index contributed by atoms with van der Waals surface area (Å²) in [6.07, 6.45) is 0. The molecule has 0 aliphatic rings. The molecule has 0 amide bonds. The van der Waals surface area contributed by atoms with Crippen molar-refractivity contribution in [2.24, 2.45) is 7.05 Å². The van der Waals surface area contributed by atoms with Crippen LogP contribution >= 0.6 is 11.6 Å². The smallest absolute Gasteiger partial charge is 0.0941 e. The van der Waals surface area contributed by atoms with Crippen molar-refractivity contribution in [1.29, 1.82) is 0 Å². The summed E-state index contributed by atoms with van der Waals surface area (Å²) in [7, 11) is 1.92. The summed E-state index contributed by atoms with van der Waals surface area (Å²) in [5.74, 6) is 0. The molecule has 1 aromatic heterocycles. The summed E-state index contributed by atoms with van der Waals surface area (Å²) in [6.45, 7) is 2.02. The van der Waals surface area contributed by atoms with E-state index < -0.39 is 0 Å². The Morgan fingerprint density at radius 2 is 2.17 bits per heavy atom. The van der Waals surface area contributed by atoms with Gasteiger partial charge in [-0.05, 0) is 19.1 Å². The van der Waals surface area contributed by atoms with E-state index in [1.165, 1.54) is 0 Å². The van der Waals surface area contributed by atoms with Gasteiger partial charge in [0.15, 0.2) is 0 Å². The number of rotatable bonds is 0. The maximum Gasteiger partial charge on any atom is 0.0941 e. The number of aryl methyl sites for hydroxylation is 2. The number of fused-ring (bicyclic) bond motifs is 1. The Hall–Kier alpha value is -1.02. The molecule has 1 heterocycles. The molecule has 0 aliphatic heterocycles. The highest BCUT2D eigenvalue weighted by molar-refractivity contribution is 6.35. The van der Waals surface area contributed by atoms with E-state index in [1.807, 2.05) is 36.9 Å². The molecular formula is C9H9ClN2. The molecular weight excluding hydrogens is 172 g/mol. The lowest BCUT2D eigenvalue weighted by molar-refractivity contribution is 0.751. The molecule has 0 N–H and O–H groups in total. The largest absolute Gasteiger partial charge is 0.272 e. The van der Waals surface area contributed by atoms with Crippen LogP contribution in [0.3, 0.4) is 0 Å². The molecule has 0 radical (unpaired) electrons. The molecule has 0 saturated carbocycles. The van der Waals surface area contributed by atoms with E-state index in [2.05, 4.69) is 5.10 Å². The molecule has 0 saturated heterocycles. The van der Waals surface area contributed by atoms with Gasteiger partial charge in [0.2, 0.25) is 0 Å². The SMILES string of the molecule is Cc1c2c(Cl)cccc2nn1C. The lowest BCUT2D eigenvalue weighted by Crippen LogP contribution is -1.91. The van der Waals surface area contributed by atoms with Gasteiger partial charge in [-0.25, -0.2) is 0 Å². The van der Waals surface area contributed by atoms with E-state index in [0.29, 0.717) is 0 Å². The summed E-state index contributed by atoms with van der Waals surface area (Å²) < 4.78 is 1.84. The summed E-state index contributed by atoms with van der Waals surface area (Å²) in [5.41, 5.74) is 2.07. The first-order valence-corrected chi connectivity index (χ1v) is 4.16. The molecule has 0 spiro atoms. The third kappa shape index (κ3) is 0.916. The summed E-state index contributed by atoms with van der Waals surface area (Å²) in [5, 5.41) is 6.14. The quantitative estimate of drug-likeness (QED) is 0.609. The van der Waals surface area contributed by atoms with Crippen molar-refractivity contribution >= 4 is 22.5 Å². The van der Waals surface area contributed by atoms with Gasteiger partial charge < -0.3 is 0 Å². The standard InChI is InChI=1S/C9H9ClN2/c1-6-9-7(10)4-3-5-8(9)11-12(6)2/h3-5H,1-2H3. The molecule has 62 valence electrons. The molecule has 2 rings (SSSR count). The van der Waals surface area contributed by atoms with E-state index in [1.54, 1.807) is 0 Å². The third-order valence-corrected chi connectivity index (χ3v) is 2.41. The van der Waals surface area contributed by atoms with Crippen LogP contribution in [0.1, 0.15) is 5.69 Å². The molecule has 12 heavy (non-hydrogen) atoms. The second kappa shape index (κ2) is 2.49. The molecule has 2 aromatic rings. The van der Waals surface area contributed by atoms with Crippen LogP contribution in [-0.2, 0) is 7.05 Å². The van der Waals surface area contributed by atoms with Crippen molar-refractivity contribution in [3.05, 3.63) is 28.9 Å². The molecule has 1 aromatic carbocycles. The van der Waals surface area contributed by atoms with Crippen molar-refractivity contribution < 1.29 is 0 Å². The fourth-order valence-electron chi connectivity index (χ4n) is 1.35. The van der Waals surface area contributed by atoms with Crippen LogP contribution in [0.4, 0.5) is 0 Å². The predicted molar refractivity (Wildman–Crippen MR) is 50.5 cm³/mol. The van der Waals surface area contributed by atoms with Crippen LogP contribution in [0.15, 0.2) is 18.2 Å². The molecule has 3 heteroatoms. The molecule has 0 bridgehead atoms. The van der Waals surface area contributed by atoms with Gasteiger partial charge in [0.25, 0.3) is 0 Å². The van der Waals surface area contributed by atoms with Crippen molar-refractivity contribution in [3.8, 4) is 0 Å². The van der Waals surface area contributed by atoms with Crippen molar-refractivity contribution in [1.82, 2.24) is 9.78 Å². The van der Waals surface area contributed by atoms with Crippen molar-refractivity contribution in [2.45, 2.75) is 6.92 Å². The third-order valence-electron chi connectivity index (χ3n) is 2.10. The second-order valence-corrected chi connectivity index (χ2v) is 3.25. The fraction of sp³-hybridized carbons (Fsp3) is 0.222. The van der Waals surface area contributed by atoms with Gasteiger partial charge in [-0.3, -0.25) is 4.68 Å². The van der Waals surface area contributed by atoms with Crippen molar-refractivity contribution in [3.63, 3.8) is 0 Å². The number of halogens is 1. The minimum atomic E-state index is 0.776. The van der Waals surface area contributed by atoms with Gasteiger partial charge >= 0.3 is 0 Å². The van der Waals surface area contributed by atoms with Gasteiger partial charge in [0, 0.05) is 18.1 Å². The zero-order valence-corrected chi connectivity index (χ0v) is 7.76. The normalized spacial score (nSPS) is 10.9. The van der Waals surface area contributed by atoms with Crippen LogP contribution in [0, 0.1) is 6.92 Å². The van der Waals surface area contributed by atoms with Gasteiger partial charge in [0.05, 0.1) is 10.5 Å². The van der Waals surface area contributed by atoms with E-state index in [0.717, 1.165) is 21.6 Å². The first-order chi connectivity index (χ1) is 5.70. The maximum absolute atomic E-state index is 6.02. The molecule has 0 aliphatic carbocycles. The summed E-state index contributed by atoms with van der Waals surface area (Å²) in [4.78, 5) is 0. The van der Waals surface area contributed by atoms with Gasteiger partial charge in [-0.15, -0.1) is 0 Å². The van der Waals surface area contributed by atoms with Gasteiger partial charge in [0.1, 0.15) is 0 Å². The highest BCUT2D eigenvalue weighted by Gasteiger charge is 2.06. The summed E-state index contributed by atoms with van der Waals surface area (Å²) >= 11 is 6.02. The topological polar surface area (TPSA) is 17.8 Å². The number of aromatic nitrogens is 2. The Kier molecular flexibility index (Phi) is 1.58. The molecule has 0 atom stereocenters. The Bertz CT molecular complexity index is 431. The first kappa shape index (κ1) is 7.62. The summed E-state index contributed by atoms with van der Waals surface area (Å²) in [6, 6.07) is 5.77. The highest BCUT2D eigenvalue weighted by atomic mass is 35.5. The Morgan fingerprint density at radius 3 is 2.83 bits per heavy atom. The minimum absolute atomic E-state index is 0.776. The van der Waals surface area contributed by atoms with Crippen molar-refractivity contribution in [2.75, 3.05) is 0 Å². The van der Waals surface area contributed by atoms with E-state index >= 15 is 0 Å². The average molecular weight is 181 g/mol. The van der Waals surface area contributed by atoms with E-state index in [-0.39, 0.29) is 0 Å². The second-order valence-electron chi connectivity index (χ2n) is 2.84. The number of nitrogens with zero attached hydrogens (tertiary/aromatic N) is 2. The van der Waals surface area contributed by atoms with Gasteiger partial charge in [-0.1, -0.05) is 17.7 Å². The first-order valence-electron chi connectivity index (χ1n) is 3.78. The van der Waals surface area contributed by atoms with Crippen LogP contribution in [0.2, 0.25) is 5.02 Å². The molecule has 0 fully saturated rings. The predicted octanol–water partition coefficient (Wildman–Crippen LogP) is 2.54. The zero-order valence-electron chi connectivity index (χ0n) is 7.00. The zero-order chi connectivity index (χ0) is 8.72. The fourth-order valence-corrected chi connectivity index (χ4v) is 1.66. The maximum atomic E-state index is 6.02. The van der Waals surface area contributed by atoms with E-state index in [9.17, 15) is 0 Å². The van der Waals surface area contributed by atoms with E-state index in [4.69, 9.17) is 11.6 Å². The monoisotopic (exact) mass is 180 g/mol. The Labute approximate surface area is 75.8 Å². The number of benzene rings is 1. The average Bonchev–Trinajstić information content (AvgIpc) is 2.29. The van der Waals surface area contributed by atoms with Crippen LogP contribution < -0.4 is 0 Å². The highest BCUT2D eigenvalue weighted by Crippen LogP contribution is 2.25. The lowest BCUT2D eigenvalue weighted by atomic mass is 10.2. The lowest BCUT2D eigenvalue weighted by Gasteiger charge is -1.93.